The van der Waals surface area contributed by atoms with Crippen molar-refractivity contribution in [2.24, 2.45) is 0 Å². The number of imidazole rings is 1. The molecule has 2 heterocycles. The molecule has 0 spiro atoms. The van der Waals surface area contributed by atoms with Crippen LogP contribution >= 0.6 is 15.9 Å². The van der Waals surface area contributed by atoms with Crippen LogP contribution in [0.1, 0.15) is 18.3 Å². The fourth-order valence-corrected chi connectivity index (χ4v) is 2.92. The van der Waals surface area contributed by atoms with Gasteiger partial charge in [0.2, 0.25) is 0 Å². The molecule has 4 nitrogen and oxygen atoms in total. The lowest BCUT2D eigenvalue weighted by Crippen LogP contribution is -2.16. The van der Waals surface area contributed by atoms with Gasteiger partial charge in [-0.2, -0.15) is 0 Å². The van der Waals surface area contributed by atoms with Crippen LogP contribution in [0.5, 0.6) is 0 Å². The van der Waals surface area contributed by atoms with Crippen molar-refractivity contribution in [3.63, 3.8) is 0 Å². The molecular formula is C14H16BrN3O. The molecule has 0 aliphatic carbocycles. The molecule has 1 aromatic heterocycles. The summed E-state index contributed by atoms with van der Waals surface area (Å²) < 4.78 is 6.43. The summed E-state index contributed by atoms with van der Waals surface area (Å²) in [6.07, 6.45) is 3.12. The van der Waals surface area contributed by atoms with Gasteiger partial charge in [0, 0.05) is 23.7 Å². The van der Waals surface area contributed by atoms with Crippen molar-refractivity contribution in [2.45, 2.75) is 18.6 Å². The van der Waals surface area contributed by atoms with Gasteiger partial charge in [0.15, 0.2) is 0 Å². The highest BCUT2D eigenvalue weighted by Gasteiger charge is 2.27. The third-order valence-electron chi connectivity index (χ3n) is 3.51. The zero-order chi connectivity index (χ0) is 13.2. The van der Waals surface area contributed by atoms with Crippen molar-refractivity contribution in [2.75, 3.05) is 13.7 Å². The van der Waals surface area contributed by atoms with Gasteiger partial charge in [-0.15, -0.1) is 0 Å². The van der Waals surface area contributed by atoms with E-state index in [1.54, 1.807) is 7.11 Å². The van der Waals surface area contributed by atoms with Gasteiger partial charge in [-0.1, -0.05) is 34.1 Å². The van der Waals surface area contributed by atoms with Gasteiger partial charge in [-0.25, -0.2) is 4.98 Å². The van der Waals surface area contributed by atoms with E-state index in [0.717, 1.165) is 34.5 Å². The topological polar surface area (TPSA) is 49.9 Å². The Balaban J connectivity index is 1.82. The number of rotatable bonds is 3. The Morgan fingerprint density at radius 1 is 1.37 bits per heavy atom. The molecule has 2 aromatic rings. The summed E-state index contributed by atoms with van der Waals surface area (Å²) in [5, 5.41) is 3.42. The number of hydrogen-bond donors (Lipinski definition) is 2. The van der Waals surface area contributed by atoms with E-state index in [4.69, 9.17) is 4.74 Å². The Kier molecular flexibility index (Phi) is 3.68. The fourth-order valence-electron chi connectivity index (χ4n) is 2.42. The standard InChI is InChI=1S/C14H16BrN3O/c1-19-9-6-12(16-7-9)14-17-8-13(18-14)10-4-2-3-5-11(10)15/h2-5,8-9,12,16H,6-7H2,1H3,(H,17,18). The van der Waals surface area contributed by atoms with Crippen molar-refractivity contribution in [1.82, 2.24) is 15.3 Å². The number of H-pyrrole nitrogens is 1. The maximum Gasteiger partial charge on any atom is 0.123 e. The number of ether oxygens (including phenoxy) is 1. The molecule has 1 saturated heterocycles. The van der Waals surface area contributed by atoms with Crippen LogP contribution in [0.3, 0.4) is 0 Å². The Hall–Kier alpha value is -1.17. The summed E-state index contributed by atoms with van der Waals surface area (Å²) >= 11 is 3.56. The largest absolute Gasteiger partial charge is 0.380 e. The van der Waals surface area contributed by atoms with Gasteiger partial charge >= 0.3 is 0 Å². The predicted octanol–water partition coefficient (Wildman–Crippen LogP) is 2.89. The van der Waals surface area contributed by atoms with Gasteiger partial charge in [0.1, 0.15) is 5.82 Å². The number of nitrogens with zero attached hydrogens (tertiary/aromatic N) is 1. The third-order valence-corrected chi connectivity index (χ3v) is 4.20. The second-order valence-corrected chi connectivity index (χ2v) is 5.57. The molecule has 2 N–H and O–H groups in total. The normalized spacial score (nSPS) is 22.8. The predicted molar refractivity (Wildman–Crippen MR) is 77.9 cm³/mol. The average Bonchev–Trinajstić information content (AvgIpc) is 3.08. The molecule has 19 heavy (non-hydrogen) atoms. The molecule has 1 aliphatic heterocycles. The summed E-state index contributed by atoms with van der Waals surface area (Å²) in [5.74, 6) is 0.977. The molecule has 100 valence electrons. The van der Waals surface area contributed by atoms with Crippen molar-refractivity contribution >= 4 is 15.9 Å². The molecule has 0 radical (unpaired) electrons. The molecule has 0 saturated carbocycles. The minimum atomic E-state index is 0.251. The lowest BCUT2D eigenvalue weighted by Gasteiger charge is -2.07. The first-order chi connectivity index (χ1) is 9.28. The van der Waals surface area contributed by atoms with Crippen LogP contribution in [-0.2, 0) is 4.74 Å². The smallest absolute Gasteiger partial charge is 0.123 e. The lowest BCUT2D eigenvalue weighted by atomic mass is 10.2. The van der Waals surface area contributed by atoms with Crippen LogP contribution in [0.15, 0.2) is 34.9 Å². The number of aromatic nitrogens is 2. The molecule has 5 heteroatoms. The zero-order valence-electron chi connectivity index (χ0n) is 10.7. The summed E-state index contributed by atoms with van der Waals surface area (Å²) in [7, 11) is 1.75. The summed E-state index contributed by atoms with van der Waals surface area (Å²) in [4.78, 5) is 7.89. The van der Waals surface area contributed by atoms with Crippen LogP contribution in [0, 0.1) is 0 Å². The second-order valence-electron chi connectivity index (χ2n) is 4.72. The molecule has 3 rings (SSSR count). The van der Waals surface area contributed by atoms with E-state index >= 15 is 0 Å². The van der Waals surface area contributed by atoms with Crippen molar-refractivity contribution in [1.29, 1.82) is 0 Å². The molecule has 1 fully saturated rings. The highest BCUT2D eigenvalue weighted by atomic mass is 79.9. The number of nitrogens with one attached hydrogen (secondary N) is 2. The van der Waals surface area contributed by atoms with E-state index < -0.39 is 0 Å². The third kappa shape index (κ3) is 2.59. The van der Waals surface area contributed by atoms with Gasteiger partial charge in [-0.3, -0.25) is 0 Å². The number of aromatic amines is 1. The second kappa shape index (κ2) is 5.45. The van der Waals surface area contributed by atoms with E-state index in [9.17, 15) is 0 Å². The van der Waals surface area contributed by atoms with Gasteiger partial charge < -0.3 is 15.0 Å². The number of halogens is 1. The average molecular weight is 322 g/mol. The SMILES string of the molecule is COC1CNC(c2ncc(-c3ccccc3Br)[nH]2)C1. The minimum Gasteiger partial charge on any atom is -0.380 e. The highest BCUT2D eigenvalue weighted by molar-refractivity contribution is 9.10. The van der Waals surface area contributed by atoms with Crippen molar-refractivity contribution in [3.8, 4) is 11.3 Å². The van der Waals surface area contributed by atoms with Crippen molar-refractivity contribution in [3.05, 3.63) is 40.8 Å². The van der Waals surface area contributed by atoms with E-state index in [1.165, 1.54) is 0 Å². The molecule has 1 aromatic carbocycles. The molecular weight excluding hydrogens is 306 g/mol. The van der Waals surface area contributed by atoms with E-state index in [-0.39, 0.29) is 12.1 Å². The molecule has 1 aliphatic rings. The summed E-state index contributed by atoms with van der Waals surface area (Å²) in [6, 6.07) is 8.38. The number of hydrogen-bond acceptors (Lipinski definition) is 3. The van der Waals surface area contributed by atoms with Crippen LogP contribution in [0.25, 0.3) is 11.3 Å². The van der Waals surface area contributed by atoms with Crippen LogP contribution in [0.4, 0.5) is 0 Å². The summed E-state index contributed by atoms with van der Waals surface area (Å²) in [5.41, 5.74) is 2.16. The van der Waals surface area contributed by atoms with Crippen LogP contribution < -0.4 is 5.32 Å². The Bertz CT molecular complexity index is 569. The van der Waals surface area contributed by atoms with Crippen LogP contribution in [-0.4, -0.2) is 29.7 Å². The van der Waals surface area contributed by atoms with E-state index in [0.29, 0.717) is 0 Å². The first kappa shape index (κ1) is 12.8. The molecule has 0 bridgehead atoms. The highest BCUT2D eigenvalue weighted by Crippen LogP contribution is 2.29. The number of benzene rings is 1. The maximum absolute atomic E-state index is 5.36. The first-order valence-corrected chi connectivity index (χ1v) is 7.13. The maximum atomic E-state index is 5.36. The van der Waals surface area contributed by atoms with E-state index in [1.807, 2.05) is 24.4 Å². The molecule has 0 amide bonds. The first-order valence-electron chi connectivity index (χ1n) is 6.34. The van der Waals surface area contributed by atoms with Crippen molar-refractivity contribution < 1.29 is 4.74 Å². The van der Waals surface area contributed by atoms with E-state index in [2.05, 4.69) is 37.3 Å². The van der Waals surface area contributed by atoms with Crippen LogP contribution in [0.2, 0.25) is 0 Å². The zero-order valence-corrected chi connectivity index (χ0v) is 12.3. The number of methoxy groups -OCH3 is 1. The van der Waals surface area contributed by atoms with Gasteiger partial charge in [-0.05, 0) is 12.5 Å². The minimum absolute atomic E-state index is 0.251. The summed E-state index contributed by atoms with van der Waals surface area (Å²) in [6.45, 7) is 0.881. The Morgan fingerprint density at radius 3 is 2.95 bits per heavy atom. The van der Waals surface area contributed by atoms with Gasteiger partial charge in [0.25, 0.3) is 0 Å². The van der Waals surface area contributed by atoms with Gasteiger partial charge in [0.05, 0.1) is 24.0 Å². The molecule has 2 unspecified atom stereocenters. The Labute approximate surface area is 120 Å². The quantitative estimate of drug-likeness (QED) is 0.913. The Morgan fingerprint density at radius 2 is 2.21 bits per heavy atom. The lowest BCUT2D eigenvalue weighted by molar-refractivity contribution is 0.117. The molecule has 2 atom stereocenters. The monoisotopic (exact) mass is 321 g/mol. The fraction of sp³-hybridized carbons (Fsp3) is 0.357.